The van der Waals surface area contributed by atoms with Crippen molar-refractivity contribution in [1.82, 2.24) is 0 Å². The van der Waals surface area contributed by atoms with E-state index in [-0.39, 0.29) is 6.10 Å². The number of rotatable bonds is 2. The van der Waals surface area contributed by atoms with Crippen LogP contribution in [0.25, 0.3) is 0 Å². The van der Waals surface area contributed by atoms with Crippen LogP contribution in [0.2, 0.25) is 0 Å². The Kier molecular flexibility index (Phi) is 2.94. The lowest BCUT2D eigenvalue weighted by molar-refractivity contribution is 0.241. The maximum Gasteiger partial charge on any atom is 0.134 e. The predicted octanol–water partition coefficient (Wildman–Crippen LogP) is 3.04. The first kappa shape index (κ1) is 8.60. The average molecular weight is 214 g/mol. The molecule has 1 aromatic carbocycles. The van der Waals surface area contributed by atoms with Crippen LogP contribution >= 0.6 is 15.9 Å². The lowest BCUT2D eigenvalue weighted by atomic mass is 10.3. The molecule has 0 spiro atoms. The number of hydrogen-bond donors (Lipinski definition) is 0. The van der Waals surface area contributed by atoms with E-state index in [0.29, 0.717) is 0 Å². The van der Waals surface area contributed by atoms with Crippen molar-refractivity contribution in [2.24, 2.45) is 0 Å². The van der Waals surface area contributed by atoms with E-state index in [9.17, 15) is 0 Å². The molecule has 0 atom stereocenters. The molecular weight excluding hydrogens is 204 g/mol. The van der Waals surface area contributed by atoms with E-state index < -0.39 is 0 Å². The molecule has 1 aromatic rings. The SMILES string of the molecule is CC(C)Oc1ccc[c]c1Br. The summed E-state index contributed by atoms with van der Waals surface area (Å²) in [6, 6.07) is 8.66. The van der Waals surface area contributed by atoms with Gasteiger partial charge in [-0.3, -0.25) is 0 Å². The summed E-state index contributed by atoms with van der Waals surface area (Å²) in [5, 5.41) is 0. The third-order valence-electron chi connectivity index (χ3n) is 1.13. The van der Waals surface area contributed by atoms with Crippen LogP contribution in [-0.4, -0.2) is 6.10 Å². The van der Waals surface area contributed by atoms with Crippen molar-refractivity contribution in [3.63, 3.8) is 0 Å². The highest BCUT2D eigenvalue weighted by atomic mass is 79.9. The van der Waals surface area contributed by atoms with Crippen molar-refractivity contribution in [2.75, 3.05) is 0 Å². The first-order chi connectivity index (χ1) is 5.20. The van der Waals surface area contributed by atoms with Gasteiger partial charge in [-0.05, 0) is 35.8 Å². The quantitative estimate of drug-likeness (QED) is 0.735. The molecule has 0 aliphatic carbocycles. The van der Waals surface area contributed by atoms with Crippen LogP contribution in [0.15, 0.2) is 22.7 Å². The highest BCUT2D eigenvalue weighted by molar-refractivity contribution is 9.10. The molecule has 0 saturated heterocycles. The summed E-state index contributed by atoms with van der Waals surface area (Å²) in [6.45, 7) is 4.00. The van der Waals surface area contributed by atoms with E-state index in [1.807, 2.05) is 32.0 Å². The Morgan fingerprint density at radius 3 is 2.82 bits per heavy atom. The largest absolute Gasteiger partial charge is 0.490 e. The molecule has 0 heterocycles. The maximum absolute atomic E-state index is 5.47. The minimum Gasteiger partial charge on any atom is -0.490 e. The van der Waals surface area contributed by atoms with Gasteiger partial charge >= 0.3 is 0 Å². The van der Waals surface area contributed by atoms with E-state index in [1.54, 1.807) is 0 Å². The number of ether oxygens (including phenoxy) is 1. The average Bonchev–Trinajstić information content (AvgIpc) is 1.93. The monoisotopic (exact) mass is 213 g/mol. The predicted molar refractivity (Wildman–Crippen MR) is 48.7 cm³/mol. The lowest BCUT2D eigenvalue weighted by Crippen LogP contribution is -2.05. The Labute approximate surface area is 75.5 Å². The molecule has 0 bridgehead atoms. The van der Waals surface area contributed by atoms with Crippen LogP contribution in [-0.2, 0) is 0 Å². The molecule has 0 saturated carbocycles. The van der Waals surface area contributed by atoms with Crippen LogP contribution in [0, 0.1) is 6.07 Å². The van der Waals surface area contributed by atoms with Crippen molar-refractivity contribution in [3.05, 3.63) is 28.7 Å². The highest BCUT2D eigenvalue weighted by Gasteiger charge is 2.00. The Balaban J connectivity index is 2.78. The summed E-state index contributed by atoms with van der Waals surface area (Å²) in [4.78, 5) is 0. The van der Waals surface area contributed by atoms with Gasteiger partial charge in [0, 0.05) is 6.07 Å². The molecule has 0 N–H and O–H groups in total. The van der Waals surface area contributed by atoms with Gasteiger partial charge in [0.15, 0.2) is 0 Å². The second-order valence-corrected chi connectivity index (χ2v) is 3.31. The van der Waals surface area contributed by atoms with Gasteiger partial charge in [0.2, 0.25) is 0 Å². The summed E-state index contributed by atoms with van der Waals surface area (Å²) >= 11 is 3.34. The number of benzene rings is 1. The van der Waals surface area contributed by atoms with Crippen LogP contribution in [0.4, 0.5) is 0 Å². The van der Waals surface area contributed by atoms with E-state index in [4.69, 9.17) is 4.74 Å². The fraction of sp³-hybridized carbons (Fsp3) is 0.333. The summed E-state index contributed by atoms with van der Waals surface area (Å²) in [6.07, 6.45) is 0.210. The van der Waals surface area contributed by atoms with Crippen molar-refractivity contribution in [1.29, 1.82) is 0 Å². The first-order valence-corrected chi connectivity index (χ1v) is 4.32. The van der Waals surface area contributed by atoms with Crippen molar-refractivity contribution >= 4 is 15.9 Å². The molecule has 2 heteroatoms. The van der Waals surface area contributed by atoms with Gasteiger partial charge in [-0.2, -0.15) is 0 Å². The normalized spacial score (nSPS) is 10.2. The summed E-state index contributed by atoms with van der Waals surface area (Å²) in [7, 11) is 0. The van der Waals surface area contributed by atoms with Crippen LogP contribution in [0.3, 0.4) is 0 Å². The standard InChI is InChI=1S/C9H10BrO/c1-7(2)11-9-6-4-3-5-8(9)10/h3-4,6-7H,1-2H3. The molecule has 0 aliphatic rings. The fourth-order valence-electron chi connectivity index (χ4n) is 0.746. The van der Waals surface area contributed by atoms with Gasteiger partial charge in [-0.25, -0.2) is 0 Å². The smallest absolute Gasteiger partial charge is 0.134 e. The molecule has 0 aliphatic heterocycles. The van der Waals surface area contributed by atoms with E-state index in [2.05, 4.69) is 22.0 Å². The topological polar surface area (TPSA) is 9.23 Å². The molecule has 59 valence electrons. The Bertz CT molecular complexity index is 233. The van der Waals surface area contributed by atoms with Gasteiger partial charge in [0.1, 0.15) is 5.75 Å². The molecule has 11 heavy (non-hydrogen) atoms. The minimum absolute atomic E-state index is 0.210. The van der Waals surface area contributed by atoms with Crippen LogP contribution in [0.1, 0.15) is 13.8 Å². The second-order valence-electron chi connectivity index (χ2n) is 2.51. The summed E-state index contributed by atoms with van der Waals surface area (Å²) in [5.74, 6) is 0.850. The number of hydrogen-bond acceptors (Lipinski definition) is 1. The third-order valence-corrected chi connectivity index (χ3v) is 1.75. The van der Waals surface area contributed by atoms with Gasteiger partial charge in [0.05, 0.1) is 10.6 Å². The van der Waals surface area contributed by atoms with Gasteiger partial charge in [-0.1, -0.05) is 12.1 Å². The van der Waals surface area contributed by atoms with Gasteiger partial charge in [-0.15, -0.1) is 0 Å². The molecule has 1 radical (unpaired) electrons. The van der Waals surface area contributed by atoms with Gasteiger partial charge < -0.3 is 4.74 Å². The summed E-state index contributed by atoms with van der Waals surface area (Å²) < 4.78 is 6.35. The minimum atomic E-state index is 0.210. The van der Waals surface area contributed by atoms with Crippen LogP contribution in [0.5, 0.6) is 5.75 Å². The van der Waals surface area contributed by atoms with Crippen molar-refractivity contribution in [3.8, 4) is 5.75 Å². The van der Waals surface area contributed by atoms with E-state index in [1.165, 1.54) is 0 Å². The zero-order chi connectivity index (χ0) is 8.27. The zero-order valence-corrected chi connectivity index (χ0v) is 8.18. The first-order valence-electron chi connectivity index (χ1n) is 3.53. The molecular formula is C9H10BrO. The van der Waals surface area contributed by atoms with Crippen LogP contribution < -0.4 is 4.74 Å². The Morgan fingerprint density at radius 2 is 2.27 bits per heavy atom. The second kappa shape index (κ2) is 3.77. The van der Waals surface area contributed by atoms with E-state index >= 15 is 0 Å². The Morgan fingerprint density at radius 1 is 1.55 bits per heavy atom. The Hall–Kier alpha value is -0.500. The molecule has 0 amide bonds. The molecule has 0 fully saturated rings. The third kappa shape index (κ3) is 2.54. The van der Waals surface area contributed by atoms with Gasteiger partial charge in [0.25, 0.3) is 0 Å². The molecule has 1 rings (SSSR count). The van der Waals surface area contributed by atoms with Crippen molar-refractivity contribution in [2.45, 2.75) is 20.0 Å². The van der Waals surface area contributed by atoms with E-state index in [0.717, 1.165) is 10.2 Å². The highest BCUT2D eigenvalue weighted by Crippen LogP contribution is 2.23. The van der Waals surface area contributed by atoms with Crippen molar-refractivity contribution < 1.29 is 4.74 Å². The fourth-order valence-corrected chi connectivity index (χ4v) is 1.10. The molecule has 1 nitrogen and oxygen atoms in total. The molecule has 0 aromatic heterocycles. The zero-order valence-electron chi connectivity index (χ0n) is 6.60. The lowest BCUT2D eigenvalue weighted by Gasteiger charge is -2.10. The number of halogens is 1. The molecule has 0 unspecified atom stereocenters. The maximum atomic E-state index is 5.47. The summed E-state index contributed by atoms with van der Waals surface area (Å²) in [5.41, 5.74) is 0.